The first-order valence-electron chi connectivity index (χ1n) is 7.25. The summed E-state index contributed by atoms with van der Waals surface area (Å²) in [5.41, 5.74) is 0. The molecule has 1 aliphatic heterocycles. The fourth-order valence-corrected chi connectivity index (χ4v) is 4.01. The summed E-state index contributed by atoms with van der Waals surface area (Å²) < 4.78 is 28.2. The van der Waals surface area contributed by atoms with Gasteiger partial charge in [-0.05, 0) is 33.4 Å². The lowest BCUT2D eigenvalue weighted by atomic mass is 10.1. The lowest BCUT2D eigenvalue weighted by molar-refractivity contribution is 0.196. The minimum absolute atomic E-state index is 0.0694. The molecular formula is C13H24N4O3S. The van der Waals surface area contributed by atoms with Crippen LogP contribution >= 0.6 is 0 Å². The van der Waals surface area contributed by atoms with Crippen molar-refractivity contribution in [1.82, 2.24) is 19.0 Å². The highest BCUT2D eigenvalue weighted by Gasteiger charge is 2.30. The smallest absolute Gasteiger partial charge is 0.246 e. The van der Waals surface area contributed by atoms with Gasteiger partial charge in [0.05, 0.1) is 6.20 Å². The van der Waals surface area contributed by atoms with Crippen molar-refractivity contribution in [1.29, 1.82) is 0 Å². The Labute approximate surface area is 126 Å². The van der Waals surface area contributed by atoms with E-state index in [9.17, 15) is 8.42 Å². The maximum Gasteiger partial charge on any atom is 0.246 e. The number of hydrogen-bond acceptors (Lipinski definition) is 5. The van der Waals surface area contributed by atoms with Gasteiger partial charge in [0.25, 0.3) is 0 Å². The summed E-state index contributed by atoms with van der Waals surface area (Å²) in [5, 5.41) is 12.8. The molecule has 7 nitrogen and oxygen atoms in total. The molecule has 120 valence electrons. The van der Waals surface area contributed by atoms with E-state index in [0.717, 1.165) is 12.8 Å². The largest absolute Gasteiger partial charge is 0.396 e. The first-order valence-corrected chi connectivity index (χ1v) is 8.69. The lowest BCUT2D eigenvalue weighted by Gasteiger charge is -2.34. The normalized spacial score (nSPS) is 18.5. The Morgan fingerprint density at radius 1 is 1.38 bits per heavy atom. The average Bonchev–Trinajstić information content (AvgIpc) is 2.94. The number of sulfonamides is 1. The molecule has 1 saturated heterocycles. The van der Waals surface area contributed by atoms with E-state index in [1.807, 2.05) is 14.1 Å². The number of piperidine rings is 1. The Morgan fingerprint density at radius 3 is 2.62 bits per heavy atom. The van der Waals surface area contributed by atoms with Gasteiger partial charge in [-0.3, -0.25) is 4.68 Å². The highest BCUT2D eigenvalue weighted by atomic mass is 32.2. The summed E-state index contributed by atoms with van der Waals surface area (Å²) in [7, 11) is 0.609. The summed E-state index contributed by atoms with van der Waals surface area (Å²) in [5.74, 6) is 0. The van der Waals surface area contributed by atoms with Crippen LogP contribution in [0.5, 0.6) is 0 Å². The second-order valence-corrected chi connectivity index (χ2v) is 7.55. The van der Waals surface area contributed by atoms with Crippen molar-refractivity contribution in [2.75, 3.05) is 33.8 Å². The van der Waals surface area contributed by atoms with Crippen molar-refractivity contribution in [2.45, 2.75) is 36.7 Å². The van der Waals surface area contributed by atoms with Gasteiger partial charge in [-0.2, -0.15) is 9.40 Å². The van der Waals surface area contributed by atoms with Gasteiger partial charge < -0.3 is 10.0 Å². The van der Waals surface area contributed by atoms with Crippen LogP contribution in [0, 0.1) is 0 Å². The predicted octanol–water partition coefficient (Wildman–Crippen LogP) is -0.0198. The van der Waals surface area contributed by atoms with Crippen LogP contribution < -0.4 is 0 Å². The molecule has 1 fully saturated rings. The highest BCUT2D eigenvalue weighted by Crippen LogP contribution is 2.21. The van der Waals surface area contributed by atoms with Gasteiger partial charge >= 0.3 is 0 Å². The third-order valence-corrected chi connectivity index (χ3v) is 5.80. The van der Waals surface area contributed by atoms with Gasteiger partial charge in [0, 0.05) is 38.5 Å². The molecule has 0 aromatic carbocycles. The van der Waals surface area contributed by atoms with Gasteiger partial charge in [0.1, 0.15) is 4.90 Å². The van der Waals surface area contributed by atoms with E-state index < -0.39 is 10.0 Å². The Kier molecular flexibility index (Phi) is 5.37. The molecule has 8 heteroatoms. The lowest BCUT2D eigenvalue weighted by Crippen LogP contribution is -2.44. The number of rotatable bonds is 6. The average molecular weight is 316 g/mol. The Morgan fingerprint density at radius 2 is 2.05 bits per heavy atom. The zero-order valence-electron chi connectivity index (χ0n) is 12.6. The summed E-state index contributed by atoms with van der Waals surface area (Å²) in [6.45, 7) is 1.69. The second kappa shape index (κ2) is 6.87. The van der Waals surface area contributed by atoms with Crippen LogP contribution in [0.4, 0.5) is 0 Å². The third-order valence-electron chi connectivity index (χ3n) is 3.95. The predicted molar refractivity (Wildman–Crippen MR) is 79.4 cm³/mol. The van der Waals surface area contributed by atoms with Crippen molar-refractivity contribution in [3.63, 3.8) is 0 Å². The minimum Gasteiger partial charge on any atom is -0.396 e. The van der Waals surface area contributed by atoms with E-state index in [4.69, 9.17) is 5.11 Å². The van der Waals surface area contributed by atoms with Crippen LogP contribution in [0.1, 0.15) is 19.3 Å². The second-order valence-electron chi connectivity index (χ2n) is 5.62. The van der Waals surface area contributed by atoms with Gasteiger partial charge in [0.15, 0.2) is 0 Å². The number of aliphatic hydroxyl groups is 1. The van der Waals surface area contributed by atoms with E-state index in [0.29, 0.717) is 32.1 Å². The molecule has 21 heavy (non-hydrogen) atoms. The zero-order valence-corrected chi connectivity index (χ0v) is 13.5. The van der Waals surface area contributed by atoms with Crippen molar-refractivity contribution < 1.29 is 13.5 Å². The summed E-state index contributed by atoms with van der Waals surface area (Å²) >= 11 is 0. The van der Waals surface area contributed by atoms with Crippen LogP contribution in [0.15, 0.2) is 17.3 Å². The molecule has 0 aliphatic carbocycles. The quantitative estimate of drug-likeness (QED) is 0.798. The van der Waals surface area contributed by atoms with E-state index in [2.05, 4.69) is 10.00 Å². The summed E-state index contributed by atoms with van der Waals surface area (Å²) in [4.78, 5) is 2.39. The van der Waals surface area contributed by atoms with Gasteiger partial charge in [-0.25, -0.2) is 8.42 Å². The maximum absolute atomic E-state index is 12.6. The molecule has 0 unspecified atom stereocenters. The molecule has 0 bridgehead atoms. The molecule has 1 N–H and O–H groups in total. The number of hydrogen-bond donors (Lipinski definition) is 1. The maximum atomic E-state index is 12.6. The Bertz CT molecular complexity index is 548. The molecular weight excluding hydrogens is 292 g/mol. The molecule has 0 saturated carbocycles. The zero-order chi connectivity index (χ0) is 15.5. The van der Waals surface area contributed by atoms with Gasteiger partial charge in [-0.1, -0.05) is 0 Å². The van der Waals surface area contributed by atoms with E-state index in [1.54, 1.807) is 15.2 Å². The Hall–Kier alpha value is -0.960. The van der Waals surface area contributed by atoms with Gasteiger partial charge in [-0.15, -0.1) is 0 Å². The molecule has 0 spiro atoms. The molecule has 1 aromatic rings. The SMILES string of the molecule is CN(C)C1CCN(S(=O)(=O)c2cnn(CCCO)c2)CC1. The number of aliphatic hydroxyl groups excluding tert-OH is 1. The van der Waals surface area contributed by atoms with Crippen LogP contribution in [-0.4, -0.2) is 72.3 Å². The standard InChI is InChI=1S/C13H24N4O3S/c1-15(2)12-4-7-17(8-5-12)21(19,20)13-10-14-16(11-13)6-3-9-18/h10-12,18H,3-9H2,1-2H3. The number of aromatic nitrogens is 2. The molecule has 0 radical (unpaired) electrons. The van der Waals surface area contributed by atoms with E-state index in [1.165, 1.54) is 6.20 Å². The number of aryl methyl sites for hydroxylation is 1. The van der Waals surface area contributed by atoms with Gasteiger partial charge in [0.2, 0.25) is 10.0 Å². The van der Waals surface area contributed by atoms with Crippen LogP contribution in [0.25, 0.3) is 0 Å². The molecule has 0 atom stereocenters. The molecule has 2 heterocycles. The van der Waals surface area contributed by atoms with Crippen molar-refractivity contribution in [3.8, 4) is 0 Å². The van der Waals surface area contributed by atoms with E-state index in [-0.39, 0.29) is 11.5 Å². The fraction of sp³-hybridized carbons (Fsp3) is 0.769. The van der Waals surface area contributed by atoms with Crippen LogP contribution in [0.2, 0.25) is 0 Å². The van der Waals surface area contributed by atoms with Crippen molar-refractivity contribution in [3.05, 3.63) is 12.4 Å². The Balaban J connectivity index is 2.03. The van der Waals surface area contributed by atoms with Crippen LogP contribution in [-0.2, 0) is 16.6 Å². The molecule has 1 aromatic heterocycles. The third kappa shape index (κ3) is 3.82. The number of nitrogens with zero attached hydrogens (tertiary/aromatic N) is 4. The molecule has 0 amide bonds. The topological polar surface area (TPSA) is 78.7 Å². The van der Waals surface area contributed by atoms with Crippen molar-refractivity contribution in [2.24, 2.45) is 0 Å². The summed E-state index contributed by atoms with van der Waals surface area (Å²) in [6.07, 6.45) is 5.21. The minimum atomic E-state index is -3.45. The molecule has 1 aliphatic rings. The fourth-order valence-electron chi connectivity index (χ4n) is 2.58. The summed E-state index contributed by atoms with van der Waals surface area (Å²) in [6, 6.07) is 0.448. The van der Waals surface area contributed by atoms with Crippen molar-refractivity contribution >= 4 is 10.0 Å². The first kappa shape index (κ1) is 16.4. The first-order chi connectivity index (χ1) is 9.95. The van der Waals surface area contributed by atoms with E-state index >= 15 is 0 Å². The molecule has 2 rings (SSSR count). The monoisotopic (exact) mass is 316 g/mol. The van der Waals surface area contributed by atoms with Crippen LogP contribution in [0.3, 0.4) is 0 Å². The highest BCUT2D eigenvalue weighted by molar-refractivity contribution is 7.89.